The van der Waals surface area contributed by atoms with Gasteiger partial charge in [0.2, 0.25) is 0 Å². The predicted molar refractivity (Wildman–Crippen MR) is 80.9 cm³/mol. The van der Waals surface area contributed by atoms with Gasteiger partial charge in [0.05, 0.1) is 22.7 Å². The summed E-state index contributed by atoms with van der Waals surface area (Å²) in [7, 11) is 1.50. The summed E-state index contributed by atoms with van der Waals surface area (Å²) in [6.07, 6.45) is 2.28. The third kappa shape index (κ3) is 3.78. The van der Waals surface area contributed by atoms with Gasteiger partial charge in [-0.25, -0.2) is 0 Å². The van der Waals surface area contributed by atoms with Gasteiger partial charge in [-0.2, -0.15) is 0 Å². The summed E-state index contributed by atoms with van der Waals surface area (Å²) in [6.45, 7) is 2.65. The van der Waals surface area contributed by atoms with Gasteiger partial charge in [0.25, 0.3) is 5.91 Å². The zero-order chi connectivity index (χ0) is 14.5. The fraction of sp³-hybridized carbons (Fsp3) is 0.500. The molecule has 0 radical (unpaired) electrons. The second kappa shape index (κ2) is 7.16. The molecular formula is C14H18Cl2N2O2. The van der Waals surface area contributed by atoms with Gasteiger partial charge >= 0.3 is 0 Å². The Morgan fingerprint density at radius 3 is 2.85 bits per heavy atom. The number of hydrogen-bond donors (Lipinski definition) is 2. The molecule has 1 aliphatic rings. The van der Waals surface area contributed by atoms with Crippen LogP contribution in [0.2, 0.25) is 10.0 Å². The zero-order valence-corrected chi connectivity index (χ0v) is 12.9. The van der Waals surface area contributed by atoms with Crippen LogP contribution in [0.15, 0.2) is 12.1 Å². The van der Waals surface area contributed by atoms with Crippen LogP contribution in [0.4, 0.5) is 0 Å². The van der Waals surface area contributed by atoms with Crippen LogP contribution < -0.4 is 15.4 Å². The topological polar surface area (TPSA) is 50.4 Å². The van der Waals surface area contributed by atoms with Crippen molar-refractivity contribution < 1.29 is 9.53 Å². The van der Waals surface area contributed by atoms with E-state index < -0.39 is 0 Å². The Balaban J connectivity index is 2.02. The molecule has 1 unspecified atom stereocenters. The highest BCUT2D eigenvalue weighted by molar-refractivity contribution is 6.42. The number of ether oxygens (including phenoxy) is 1. The molecule has 0 spiro atoms. The van der Waals surface area contributed by atoms with E-state index in [2.05, 4.69) is 10.6 Å². The fourth-order valence-corrected chi connectivity index (χ4v) is 2.62. The molecule has 1 saturated heterocycles. The molecule has 1 aliphatic heterocycles. The van der Waals surface area contributed by atoms with Crippen molar-refractivity contribution in [1.29, 1.82) is 0 Å². The Kier molecular flexibility index (Phi) is 5.52. The minimum atomic E-state index is -0.189. The van der Waals surface area contributed by atoms with Gasteiger partial charge in [0.15, 0.2) is 0 Å². The second-order valence-electron chi connectivity index (χ2n) is 4.89. The van der Waals surface area contributed by atoms with Gasteiger partial charge in [-0.15, -0.1) is 0 Å². The maximum absolute atomic E-state index is 12.2. The average molecular weight is 317 g/mol. The van der Waals surface area contributed by atoms with Crippen molar-refractivity contribution in [3.63, 3.8) is 0 Å². The third-order valence-electron chi connectivity index (χ3n) is 3.44. The number of nitrogens with one attached hydrogen (secondary N) is 2. The Morgan fingerprint density at radius 1 is 1.45 bits per heavy atom. The molecule has 2 N–H and O–H groups in total. The number of carbonyl (C=O) groups is 1. The highest BCUT2D eigenvalue weighted by Gasteiger charge is 2.18. The molecule has 1 aromatic rings. The molecule has 0 aliphatic carbocycles. The van der Waals surface area contributed by atoms with E-state index in [1.807, 2.05) is 0 Å². The zero-order valence-electron chi connectivity index (χ0n) is 11.3. The number of hydrogen-bond acceptors (Lipinski definition) is 3. The highest BCUT2D eigenvalue weighted by Crippen LogP contribution is 2.30. The van der Waals surface area contributed by atoms with Crippen molar-refractivity contribution in [2.75, 3.05) is 26.7 Å². The summed E-state index contributed by atoms with van der Waals surface area (Å²) in [5.41, 5.74) is 0.408. The molecule has 0 saturated carbocycles. The standard InChI is InChI=1S/C14H18Cl2N2O2/c1-20-13-6-12(16)11(15)5-10(13)14(19)18-8-9-3-2-4-17-7-9/h5-6,9,17H,2-4,7-8H2,1H3,(H,18,19). The van der Waals surface area contributed by atoms with Crippen LogP contribution in [0.3, 0.4) is 0 Å². The van der Waals surface area contributed by atoms with Gasteiger partial charge in [0, 0.05) is 12.6 Å². The first kappa shape index (κ1) is 15.4. The van der Waals surface area contributed by atoms with E-state index in [0.717, 1.165) is 25.9 Å². The number of carbonyl (C=O) groups excluding carboxylic acids is 1. The molecule has 0 aromatic heterocycles. The van der Waals surface area contributed by atoms with E-state index in [0.29, 0.717) is 33.8 Å². The molecule has 4 nitrogen and oxygen atoms in total. The van der Waals surface area contributed by atoms with Gasteiger partial charge in [-0.05, 0) is 37.9 Å². The number of piperidine rings is 1. The summed E-state index contributed by atoms with van der Waals surface area (Å²) in [5.74, 6) is 0.714. The Bertz CT molecular complexity index is 488. The maximum atomic E-state index is 12.2. The normalized spacial score (nSPS) is 18.6. The number of methoxy groups -OCH3 is 1. The number of halogens is 2. The number of rotatable bonds is 4. The van der Waals surface area contributed by atoms with Crippen molar-refractivity contribution in [3.05, 3.63) is 27.7 Å². The molecule has 1 fully saturated rings. The third-order valence-corrected chi connectivity index (χ3v) is 4.16. The average Bonchev–Trinajstić information content (AvgIpc) is 2.48. The molecule has 2 rings (SSSR count). The smallest absolute Gasteiger partial charge is 0.255 e. The van der Waals surface area contributed by atoms with E-state index in [-0.39, 0.29) is 5.91 Å². The first-order valence-electron chi connectivity index (χ1n) is 6.63. The number of amides is 1. The lowest BCUT2D eigenvalue weighted by Crippen LogP contribution is -2.38. The van der Waals surface area contributed by atoms with Crippen LogP contribution in [0.1, 0.15) is 23.2 Å². The molecule has 0 bridgehead atoms. The summed E-state index contributed by atoms with van der Waals surface area (Å²) in [4.78, 5) is 12.2. The monoisotopic (exact) mass is 316 g/mol. The second-order valence-corrected chi connectivity index (χ2v) is 5.70. The summed E-state index contributed by atoms with van der Waals surface area (Å²) >= 11 is 11.9. The van der Waals surface area contributed by atoms with Gasteiger partial charge in [-0.3, -0.25) is 4.79 Å². The van der Waals surface area contributed by atoms with E-state index in [9.17, 15) is 4.79 Å². The first-order chi connectivity index (χ1) is 9.61. The molecule has 1 heterocycles. The minimum Gasteiger partial charge on any atom is -0.496 e. The van der Waals surface area contributed by atoms with E-state index >= 15 is 0 Å². The lowest BCUT2D eigenvalue weighted by Gasteiger charge is -2.23. The quantitative estimate of drug-likeness (QED) is 0.898. The lowest BCUT2D eigenvalue weighted by molar-refractivity contribution is 0.0942. The van der Waals surface area contributed by atoms with Crippen LogP contribution in [0, 0.1) is 5.92 Å². The summed E-state index contributed by atoms with van der Waals surface area (Å²) < 4.78 is 5.18. The lowest BCUT2D eigenvalue weighted by atomic mass is 9.99. The van der Waals surface area contributed by atoms with E-state index in [1.165, 1.54) is 13.2 Å². The van der Waals surface area contributed by atoms with Crippen LogP contribution in [0.5, 0.6) is 5.75 Å². The van der Waals surface area contributed by atoms with Gasteiger partial charge < -0.3 is 15.4 Å². The number of benzene rings is 1. The van der Waals surface area contributed by atoms with Crippen molar-refractivity contribution in [2.45, 2.75) is 12.8 Å². The molecule has 6 heteroatoms. The van der Waals surface area contributed by atoms with Crippen molar-refractivity contribution in [1.82, 2.24) is 10.6 Å². The fourth-order valence-electron chi connectivity index (χ4n) is 2.31. The molecule has 1 atom stereocenters. The van der Waals surface area contributed by atoms with E-state index in [1.54, 1.807) is 6.07 Å². The van der Waals surface area contributed by atoms with Crippen molar-refractivity contribution >= 4 is 29.1 Å². The molecular weight excluding hydrogens is 299 g/mol. The predicted octanol–water partition coefficient (Wildman–Crippen LogP) is 2.73. The van der Waals surface area contributed by atoms with Gasteiger partial charge in [0.1, 0.15) is 5.75 Å². The Morgan fingerprint density at radius 2 is 2.20 bits per heavy atom. The van der Waals surface area contributed by atoms with Crippen LogP contribution in [-0.4, -0.2) is 32.7 Å². The van der Waals surface area contributed by atoms with Crippen LogP contribution in [-0.2, 0) is 0 Å². The Labute approximate surface area is 128 Å². The minimum absolute atomic E-state index is 0.189. The van der Waals surface area contributed by atoms with Crippen LogP contribution in [0.25, 0.3) is 0 Å². The molecule has 1 amide bonds. The van der Waals surface area contributed by atoms with Crippen molar-refractivity contribution in [3.8, 4) is 5.75 Å². The van der Waals surface area contributed by atoms with Gasteiger partial charge in [-0.1, -0.05) is 23.2 Å². The SMILES string of the molecule is COc1cc(Cl)c(Cl)cc1C(=O)NCC1CCCNC1. The highest BCUT2D eigenvalue weighted by atomic mass is 35.5. The molecule has 110 valence electrons. The van der Waals surface area contributed by atoms with E-state index in [4.69, 9.17) is 27.9 Å². The van der Waals surface area contributed by atoms with Crippen LogP contribution >= 0.6 is 23.2 Å². The largest absolute Gasteiger partial charge is 0.496 e. The summed E-state index contributed by atoms with van der Waals surface area (Å²) in [6, 6.07) is 3.10. The molecule has 1 aromatic carbocycles. The molecule has 20 heavy (non-hydrogen) atoms. The Hall–Kier alpha value is -0.970. The van der Waals surface area contributed by atoms with Crippen molar-refractivity contribution in [2.24, 2.45) is 5.92 Å². The first-order valence-corrected chi connectivity index (χ1v) is 7.39. The summed E-state index contributed by atoms with van der Waals surface area (Å²) in [5, 5.41) is 6.97. The maximum Gasteiger partial charge on any atom is 0.255 e.